The van der Waals surface area contributed by atoms with Crippen molar-refractivity contribution in [2.24, 2.45) is 0 Å². The van der Waals surface area contributed by atoms with Crippen LogP contribution in [0.3, 0.4) is 0 Å². The average Bonchev–Trinajstić information content (AvgIpc) is 2.75. The van der Waals surface area contributed by atoms with Crippen LogP contribution in [-0.2, 0) is 13.0 Å². The van der Waals surface area contributed by atoms with Crippen LogP contribution in [0.25, 0.3) is 0 Å². The average molecular weight is 275 g/mol. The third-order valence-corrected chi connectivity index (χ3v) is 3.64. The van der Waals surface area contributed by atoms with Gasteiger partial charge in [0, 0.05) is 6.04 Å². The largest absolute Gasteiger partial charge is 0.519 e. The number of hydrogen-bond donors (Lipinski definition) is 0. The first-order valence-corrected chi connectivity index (χ1v) is 6.93. The zero-order valence-electron chi connectivity index (χ0n) is 12.3. The molecule has 0 aliphatic heterocycles. The second-order valence-electron chi connectivity index (χ2n) is 5.10. The molecule has 0 amide bonds. The number of nitrogens with zero attached hydrogens (tertiary/aromatic N) is 1. The predicted molar refractivity (Wildman–Crippen MR) is 77.7 cm³/mol. The molecule has 2 aromatic rings. The van der Waals surface area contributed by atoms with Crippen LogP contribution < -0.4 is 5.82 Å². The van der Waals surface area contributed by atoms with Crippen molar-refractivity contribution in [3.05, 3.63) is 58.0 Å². The van der Waals surface area contributed by atoms with E-state index >= 15 is 0 Å². The van der Waals surface area contributed by atoms with Gasteiger partial charge in [0.05, 0.1) is 6.54 Å². The first-order chi connectivity index (χ1) is 9.60. The molecule has 0 spiro atoms. The van der Waals surface area contributed by atoms with Crippen molar-refractivity contribution < 1.29 is 8.83 Å². The second kappa shape index (κ2) is 6.57. The molecule has 0 fully saturated rings. The summed E-state index contributed by atoms with van der Waals surface area (Å²) in [6.45, 7) is 4.51. The van der Waals surface area contributed by atoms with Gasteiger partial charge in [-0.15, -0.1) is 0 Å². The molecular weight excluding hydrogens is 254 g/mol. The summed E-state index contributed by atoms with van der Waals surface area (Å²) in [6.07, 6.45) is 2.02. The lowest BCUT2D eigenvalue weighted by Gasteiger charge is -2.26. The molecule has 1 aromatic heterocycles. The molecule has 0 aliphatic rings. The second-order valence-corrected chi connectivity index (χ2v) is 5.10. The highest BCUT2D eigenvalue weighted by molar-refractivity contribution is 5.16. The smallest absolute Gasteiger partial charge is 0.396 e. The maximum atomic E-state index is 11.1. The van der Waals surface area contributed by atoms with Gasteiger partial charge in [-0.05, 0) is 32.4 Å². The molecule has 0 bridgehead atoms. The number of aryl methyl sites for hydroxylation is 1. The minimum atomic E-state index is -0.623. The lowest BCUT2D eigenvalue weighted by atomic mass is 10.0. The van der Waals surface area contributed by atoms with E-state index < -0.39 is 5.82 Å². The first kappa shape index (κ1) is 14.6. The normalized spacial score (nSPS) is 12.8. The van der Waals surface area contributed by atoms with Crippen LogP contribution in [0.4, 0.5) is 0 Å². The van der Waals surface area contributed by atoms with Gasteiger partial charge in [-0.2, -0.15) is 0 Å². The van der Waals surface area contributed by atoms with E-state index in [1.54, 1.807) is 6.92 Å². The number of likely N-dealkylation sites (N-methyl/N-ethyl adjacent to an activating group) is 1. The molecule has 1 heterocycles. The summed E-state index contributed by atoms with van der Waals surface area (Å²) in [4.78, 5) is 13.3. The number of benzene rings is 1. The summed E-state index contributed by atoms with van der Waals surface area (Å²) >= 11 is 0. The summed E-state index contributed by atoms with van der Waals surface area (Å²) in [7, 11) is 2.05. The standard InChI is InChI=1S/C16H21NO3/c1-4-14(10-13-8-6-5-7-9-13)17(3)11-15-12(2)19-16(18)20-15/h5-9,14H,4,10-11H2,1-3H3/t14-/m0/s1. The molecule has 0 N–H and O–H groups in total. The quantitative estimate of drug-likeness (QED) is 0.813. The van der Waals surface area contributed by atoms with Gasteiger partial charge in [0.25, 0.3) is 0 Å². The lowest BCUT2D eigenvalue weighted by molar-refractivity contribution is 0.206. The van der Waals surface area contributed by atoms with Crippen molar-refractivity contribution in [2.45, 2.75) is 39.3 Å². The fourth-order valence-electron chi connectivity index (χ4n) is 2.37. The van der Waals surface area contributed by atoms with E-state index in [1.807, 2.05) is 13.1 Å². The molecule has 1 atom stereocenters. The highest BCUT2D eigenvalue weighted by atomic mass is 16.6. The highest BCUT2D eigenvalue weighted by Crippen LogP contribution is 2.15. The Bertz CT molecular complexity index is 585. The van der Waals surface area contributed by atoms with Crippen molar-refractivity contribution in [1.29, 1.82) is 0 Å². The summed E-state index contributed by atoms with van der Waals surface area (Å²) in [5.41, 5.74) is 1.32. The van der Waals surface area contributed by atoms with Crippen molar-refractivity contribution in [1.82, 2.24) is 4.90 Å². The molecule has 0 saturated carbocycles. The van der Waals surface area contributed by atoms with Gasteiger partial charge >= 0.3 is 5.82 Å². The fourth-order valence-corrected chi connectivity index (χ4v) is 2.37. The van der Waals surface area contributed by atoms with E-state index in [0.717, 1.165) is 12.8 Å². The molecule has 0 saturated heterocycles. The van der Waals surface area contributed by atoms with Crippen LogP contribution in [0.15, 0.2) is 44.0 Å². The SMILES string of the molecule is CC[C@@H](Cc1ccccc1)N(C)Cc1oc(=O)oc1C. The number of hydrogen-bond acceptors (Lipinski definition) is 4. The molecule has 20 heavy (non-hydrogen) atoms. The van der Waals surface area contributed by atoms with Crippen LogP contribution in [-0.4, -0.2) is 18.0 Å². The van der Waals surface area contributed by atoms with E-state index in [4.69, 9.17) is 8.83 Å². The summed E-state index contributed by atoms with van der Waals surface area (Å²) in [5, 5.41) is 0. The lowest BCUT2D eigenvalue weighted by Crippen LogP contribution is -2.32. The van der Waals surface area contributed by atoms with Crippen molar-refractivity contribution in [2.75, 3.05) is 7.05 Å². The van der Waals surface area contributed by atoms with Crippen LogP contribution in [0, 0.1) is 6.92 Å². The Morgan fingerprint density at radius 1 is 1.20 bits per heavy atom. The van der Waals surface area contributed by atoms with Crippen LogP contribution >= 0.6 is 0 Å². The third kappa shape index (κ3) is 3.61. The monoisotopic (exact) mass is 275 g/mol. The van der Waals surface area contributed by atoms with Crippen molar-refractivity contribution in [3.63, 3.8) is 0 Å². The Kier molecular flexibility index (Phi) is 4.79. The Morgan fingerprint density at radius 2 is 1.90 bits per heavy atom. The third-order valence-electron chi connectivity index (χ3n) is 3.64. The first-order valence-electron chi connectivity index (χ1n) is 6.93. The summed E-state index contributed by atoms with van der Waals surface area (Å²) < 4.78 is 9.96. The van der Waals surface area contributed by atoms with E-state index in [1.165, 1.54) is 5.56 Å². The molecule has 0 unspecified atom stereocenters. The van der Waals surface area contributed by atoms with E-state index in [9.17, 15) is 4.79 Å². The molecule has 0 aliphatic carbocycles. The van der Waals surface area contributed by atoms with Crippen LogP contribution in [0.1, 0.15) is 30.4 Å². The molecule has 0 radical (unpaired) electrons. The van der Waals surface area contributed by atoms with Gasteiger partial charge in [0.1, 0.15) is 5.76 Å². The Labute approximate surface area is 119 Å². The maximum Gasteiger partial charge on any atom is 0.519 e. The molecule has 2 rings (SSSR count). The Hall–Kier alpha value is -1.81. The van der Waals surface area contributed by atoms with E-state index in [2.05, 4.69) is 36.1 Å². The van der Waals surface area contributed by atoms with Gasteiger partial charge in [-0.3, -0.25) is 4.90 Å². The fraction of sp³-hybridized carbons (Fsp3) is 0.438. The van der Waals surface area contributed by atoms with Crippen molar-refractivity contribution in [3.8, 4) is 0 Å². The molecule has 1 aromatic carbocycles. The van der Waals surface area contributed by atoms with Crippen LogP contribution in [0.2, 0.25) is 0 Å². The van der Waals surface area contributed by atoms with Gasteiger partial charge in [0.15, 0.2) is 5.76 Å². The summed E-state index contributed by atoms with van der Waals surface area (Å²) in [5.74, 6) is 0.558. The van der Waals surface area contributed by atoms with Crippen LogP contribution in [0.5, 0.6) is 0 Å². The Balaban J connectivity index is 2.04. The highest BCUT2D eigenvalue weighted by Gasteiger charge is 2.17. The van der Waals surface area contributed by atoms with E-state index in [0.29, 0.717) is 24.1 Å². The summed E-state index contributed by atoms with van der Waals surface area (Å²) in [6, 6.07) is 10.8. The van der Waals surface area contributed by atoms with Crippen molar-refractivity contribution >= 4 is 0 Å². The minimum absolute atomic E-state index is 0.400. The molecular formula is C16H21NO3. The molecule has 108 valence electrons. The van der Waals surface area contributed by atoms with Gasteiger partial charge in [-0.25, -0.2) is 4.79 Å². The van der Waals surface area contributed by atoms with Gasteiger partial charge < -0.3 is 8.83 Å². The Morgan fingerprint density at radius 3 is 2.45 bits per heavy atom. The number of rotatable bonds is 6. The minimum Gasteiger partial charge on any atom is -0.396 e. The molecule has 4 nitrogen and oxygen atoms in total. The zero-order chi connectivity index (χ0) is 14.5. The van der Waals surface area contributed by atoms with E-state index in [-0.39, 0.29) is 0 Å². The predicted octanol–water partition coefficient (Wildman–Crippen LogP) is 2.99. The topological polar surface area (TPSA) is 46.6 Å². The van der Waals surface area contributed by atoms with Gasteiger partial charge in [0.2, 0.25) is 0 Å². The van der Waals surface area contributed by atoms with Gasteiger partial charge in [-0.1, -0.05) is 37.3 Å². The zero-order valence-corrected chi connectivity index (χ0v) is 12.3. The maximum absolute atomic E-state index is 11.1. The molecule has 4 heteroatoms.